The first-order chi connectivity index (χ1) is 13.3. The van der Waals surface area contributed by atoms with Crippen molar-refractivity contribution in [1.29, 1.82) is 0 Å². The molecular formula is C20H26ClN3O3S. The highest BCUT2D eigenvalue weighted by atomic mass is 35.5. The molecule has 0 aliphatic carbocycles. The van der Waals surface area contributed by atoms with Gasteiger partial charge in [-0.05, 0) is 36.8 Å². The number of para-hydroxylation sites is 1. The van der Waals surface area contributed by atoms with Crippen molar-refractivity contribution in [1.82, 2.24) is 5.32 Å². The molecule has 2 aromatic carbocycles. The predicted molar refractivity (Wildman–Crippen MR) is 116 cm³/mol. The van der Waals surface area contributed by atoms with Crippen molar-refractivity contribution in [2.45, 2.75) is 12.8 Å². The van der Waals surface area contributed by atoms with Gasteiger partial charge in [0.15, 0.2) is 0 Å². The number of sulfonamides is 1. The highest BCUT2D eigenvalue weighted by molar-refractivity contribution is 7.92. The van der Waals surface area contributed by atoms with Crippen LogP contribution in [0.3, 0.4) is 0 Å². The van der Waals surface area contributed by atoms with Gasteiger partial charge < -0.3 is 10.2 Å². The number of carbonyl (C=O) groups excluding carboxylic acids is 1. The second-order valence-electron chi connectivity index (χ2n) is 6.53. The Morgan fingerprint density at radius 2 is 1.71 bits per heavy atom. The summed E-state index contributed by atoms with van der Waals surface area (Å²) in [6.45, 7) is 1.43. The van der Waals surface area contributed by atoms with Crippen molar-refractivity contribution in [2.24, 2.45) is 0 Å². The highest BCUT2D eigenvalue weighted by Gasteiger charge is 2.17. The molecule has 2 aromatic rings. The maximum Gasteiger partial charge on any atom is 0.232 e. The predicted octanol–water partition coefficient (Wildman–Crippen LogP) is 3.14. The van der Waals surface area contributed by atoms with Gasteiger partial charge in [-0.3, -0.25) is 9.10 Å². The molecule has 1 N–H and O–H groups in total. The van der Waals surface area contributed by atoms with Gasteiger partial charge in [-0.25, -0.2) is 8.42 Å². The fourth-order valence-electron chi connectivity index (χ4n) is 2.76. The molecule has 0 saturated carbocycles. The minimum Gasteiger partial charge on any atom is -0.373 e. The van der Waals surface area contributed by atoms with E-state index in [1.54, 1.807) is 24.3 Å². The molecule has 0 aromatic heterocycles. The van der Waals surface area contributed by atoms with Crippen LogP contribution in [0.4, 0.5) is 11.4 Å². The van der Waals surface area contributed by atoms with Crippen molar-refractivity contribution < 1.29 is 13.2 Å². The summed E-state index contributed by atoms with van der Waals surface area (Å²) >= 11 is 5.96. The van der Waals surface area contributed by atoms with Crippen LogP contribution in [0.25, 0.3) is 0 Å². The van der Waals surface area contributed by atoms with E-state index in [2.05, 4.69) is 10.2 Å². The normalized spacial score (nSPS) is 11.1. The fraction of sp³-hybridized carbons (Fsp3) is 0.350. The zero-order valence-corrected chi connectivity index (χ0v) is 17.7. The summed E-state index contributed by atoms with van der Waals surface area (Å²) in [7, 11) is -1.49. The van der Waals surface area contributed by atoms with Gasteiger partial charge in [0.2, 0.25) is 15.9 Å². The molecule has 0 atom stereocenters. The van der Waals surface area contributed by atoms with Gasteiger partial charge in [0.05, 0.1) is 11.9 Å². The zero-order chi connectivity index (χ0) is 20.6. The Morgan fingerprint density at radius 3 is 2.36 bits per heavy atom. The maximum absolute atomic E-state index is 12.1. The van der Waals surface area contributed by atoms with Crippen LogP contribution in [0.1, 0.15) is 12.8 Å². The summed E-state index contributed by atoms with van der Waals surface area (Å²) in [5.41, 5.74) is 1.59. The molecule has 0 spiro atoms. The van der Waals surface area contributed by atoms with Crippen molar-refractivity contribution in [3.8, 4) is 0 Å². The van der Waals surface area contributed by atoms with Gasteiger partial charge >= 0.3 is 0 Å². The summed E-state index contributed by atoms with van der Waals surface area (Å²) in [4.78, 5) is 14.1. The second-order valence-corrected chi connectivity index (χ2v) is 8.87. The molecule has 6 nitrogen and oxygen atoms in total. The lowest BCUT2D eigenvalue weighted by Gasteiger charge is -2.22. The Balaban J connectivity index is 1.78. The molecule has 28 heavy (non-hydrogen) atoms. The summed E-state index contributed by atoms with van der Waals surface area (Å²) in [5, 5.41) is 3.34. The third kappa shape index (κ3) is 7.05. The van der Waals surface area contributed by atoms with Crippen molar-refractivity contribution in [2.75, 3.05) is 42.1 Å². The topological polar surface area (TPSA) is 69.7 Å². The quantitative estimate of drug-likeness (QED) is 0.637. The third-order valence-electron chi connectivity index (χ3n) is 4.23. The number of carbonyl (C=O) groups is 1. The van der Waals surface area contributed by atoms with Crippen LogP contribution in [-0.4, -0.2) is 47.3 Å². The molecule has 0 unspecified atom stereocenters. The number of rotatable bonds is 10. The van der Waals surface area contributed by atoms with Crippen LogP contribution in [0.15, 0.2) is 54.6 Å². The first-order valence-electron chi connectivity index (χ1n) is 9.03. The molecule has 0 bridgehead atoms. The lowest BCUT2D eigenvalue weighted by atomic mass is 10.2. The van der Waals surface area contributed by atoms with Crippen molar-refractivity contribution >= 4 is 38.9 Å². The number of nitrogens with zero attached hydrogens (tertiary/aromatic N) is 2. The van der Waals surface area contributed by atoms with Crippen LogP contribution >= 0.6 is 11.6 Å². The standard InChI is InChI=1S/C20H26ClN3O3S/c1-23(18-9-4-3-5-10-18)15-13-22-20(25)12-7-14-24(28(2,26)27)19-11-6-8-17(21)16-19/h3-6,8-11,16H,7,12-15H2,1-2H3,(H,22,25). The van der Waals surface area contributed by atoms with E-state index >= 15 is 0 Å². The van der Waals surface area contributed by atoms with E-state index in [0.29, 0.717) is 30.2 Å². The molecule has 0 fully saturated rings. The number of benzene rings is 2. The molecule has 0 aliphatic rings. The van der Waals surface area contributed by atoms with E-state index in [9.17, 15) is 13.2 Å². The minimum atomic E-state index is -3.46. The number of amides is 1. The Labute approximate surface area is 172 Å². The van der Waals surface area contributed by atoms with Crippen LogP contribution < -0.4 is 14.5 Å². The summed E-state index contributed by atoms with van der Waals surface area (Å²) in [6, 6.07) is 16.6. The number of hydrogen-bond donors (Lipinski definition) is 1. The SMILES string of the molecule is CN(CCNC(=O)CCCN(c1cccc(Cl)c1)S(C)(=O)=O)c1ccccc1. The second kappa shape index (κ2) is 10.3. The molecule has 1 amide bonds. The number of likely N-dealkylation sites (N-methyl/N-ethyl adjacent to an activating group) is 1. The molecule has 152 valence electrons. The monoisotopic (exact) mass is 423 g/mol. The van der Waals surface area contributed by atoms with Gasteiger partial charge in [0.25, 0.3) is 0 Å². The molecule has 0 aliphatic heterocycles. The number of nitrogens with one attached hydrogen (secondary N) is 1. The van der Waals surface area contributed by atoms with E-state index in [1.807, 2.05) is 37.4 Å². The summed E-state index contributed by atoms with van der Waals surface area (Å²) in [6.07, 6.45) is 1.81. The third-order valence-corrected chi connectivity index (χ3v) is 5.66. The van der Waals surface area contributed by atoms with Gasteiger partial charge in [0.1, 0.15) is 0 Å². The average Bonchev–Trinajstić information content (AvgIpc) is 2.65. The van der Waals surface area contributed by atoms with Crippen LogP contribution in [0, 0.1) is 0 Å². The lowest BCUT2D eigenvalue weighted by Crippen LogP contribution is -2.34. The van der Waals surface area contributed by atoms with Crippen LogP contribution in [-0.2, 0) is 14.8 Å². The van der Waals surface area contributed by atoms with E-state index in [4.69, 9.17) is 11.6 Å². The zero-order valence-electron chi connectivity index (χ0n) is 16.1. The number of hydrogen-bond acceptors (Lipinski definition) is 4. The lowest BCUT2D eigenvalue weighted by molar-refractivity contribution is -0.121. The first kappa shape index (κ1) is 22.0. The van der Waals surface area contributed by atoms with Crippen molar-refractivity contribution in [3.05, 3.63) is 59.6 Å². The molecule has 0 saturated heterocycles. The molecule has 2 rings (SSSR count). The van der Waals surface area contributed by atoms with Crippen molar-refractivity contribution in [3.63, 3.8) is 0 Å². The summed E-state index contributed by atoms with van der Waals surface area (Å²) < 4.78 is 25.4. The van der Waals surface area contributed by atoms with Gasteiger partial charge in [-0.2, -0.15) is 0 Å². The Kier molecular flexibility index (Phi) is 8.14. The molecule has 8 heteroatoms. The van der Waals surface area contributed by atoms with Gasteiger partial charge in [-0.1, -0.05) is 35.9 Å². The Hall–Kier alpha value is -2.25. The van der Waals surface area contributed by atoms with Gasteiger partial charge in [0, 0.05) is 43.8 Å². The van der Waals surface area contributed by atoms with E-state index in [0.717, 1.165) is 11.9 Å². The Bertz CT molecular complexity index is 875. The molecular weight excluding hydrogens is 398 g/mol. The number of anilines is 2. The largest absolute Gasteiger partial charge is 0.373 e. The average molecular weight is 424 g/mol. The molecule has 0 heterocycles. The van der Waals surface area contributed by atoms with Crippen LogP contribution in [0.2, 0.25) is 5.02 Å². The molecule has 0 radical (unpaired) electrons. The minimum absolute atomic E-state index is 0.0963. The Morgan fingerprint density at radius 1 is 1.04 bits per heavy atom. The smallest absolute Gasteiger partial charge is 0.232 e. The van der Waals surface area contributed by atoms with E-state index < -0.39 is 10.0 Å². The maximum atomic E-state index is 12.1. The fourth-order valence-corrected chi connectivity index (χ4v) is 3.91. The highest BCUT2D eigenvalue weighted by Crippen LogP contribution is 2.22. The summed E-state index contributed by atoms with van der Waals surface area (Å²) in [5.74, 6) is -0.0963. The van der Waals surface area contributed by atoms with E-state index in [1.165, 1.54) is 4.31 Å². The van der Waals surface area contributed by atoms with E-state index in [-0.39, 0.29) is 18.9 Å². The number of halogens is 1. The van der Waals surface area contributed by atoms with Crippen LogP contribution in [0.5, 0.6) is 0 Å². The van der Waals surface area contributed by atoms with Gasteiger partial charge in [-0.15, -0.1) is 0 Å². The first-order valence-corrected chi connectivity index (χ1v) is 11.3.